The number of aromatic nitrogens is 1. The Bertz CT molecular complexity index is 762. The molecule has 1 aromatic carbocycles. The van der Waals surface area contributed by atoms with Crippen molar-refractivity contribution in [2.24, 2.45) is 0 Å². The van der Waals surface area contributed by atoms with Crippen LogP contribution in [0.25, 0.3) is 11.0 Å². The van der Waals surface area contributed by atoms with Crippen LogP contribution in [0.5, 0.6) is 0 Å². The lowest BCUT2D eigenvalue weighted by Crippen LogP contribution is -2.01. The first kappa shape index (κ1) is 12.1. The van der Waals surface area contributed by atoms with Crippen LogP contribution < -0.4 is 0 Å². The fraction of sp³-hybridized carbons (Fsp3) is 0.0667. The van der Waals surface area contributed by atoms with Crippen molar-refractivity contribution in [1.29, 1.82) is 0 Å². The molecule has 0 aliphatic carbocycles. The number of furan rings is 1. The van der Waals surface area contributed by atoms with Gasteiger partial charge in [-0.15, -0.1) is 0 Å². The van der Waals surface area contributed by atoms with Crippen LogP contribution >= 0.6 is 15.9 Å². The molecule has 3 aromatic rings. The number of nitrogens with zero attached hydrogens (tertiary/aromatic N) is 1. The molecule has 3 nitrogen and oxygen atoms in total. The van der Waals surface area contributed by atoms with E-state index in [9.17, 15) is 4.79 Å². The van der Waals surface area contributed by atoms with Crippen molar-refractivity contribution in [3.8, 4) is 0 Å². The molecule has 2 aromatic heterocycles. The van der Waals surface area contributed by atoms with E-state index < -0.39 is 0 Å². The van der Waals surface area contributed by atoms with Gasteiger partial charge in [0.05, 0.1) is 0 Å². The summed E-state index contributed by atoms with van der Waals surface area (Å²) in [7, 11) is 0. The Morgan fingerprint density at radius 3 is 2.68 bits per heavy atom. The summed E-state index contributed by atoms with van der Waals surface area (Å²) in [6, 6.07) is 9.12. The molecule has 0 aliphatic heterocycles. The normalized spacial score (nSPS) is 10.8. The van der Waals surface area contributed by atoms with E-state index in [2.05, 4.69) is 20.9 Å². The Morgan fingerprint density at radius 1 is 1.21 bits per heavy atom. The minimum atomic E-state index is -0.118. The molecule has 0 N–H and O–H groups in total. The number of aryl methyl sites for hydroxylation is 1. The van der Waals surface area contributed by atoms with Crippen LogP contribution in [-0.4, -0.2) is 10.8 Å². The number of hydrogen-bond donors (Lipinski definition) is 0. The quantitative estimate of drug-likeness (QED) is 0.668. The minimum absolute atomic E-state index is 0.118. The number of carbonyl (C=O) groups is 1. The lowest BCUT2D eigenvalue weighted by molar-refractivity contribution is 0.101. The number of fused-ring (bicyclic) bond motifs is 1. The molecule has 0 fully saturated rings. The number of benzene rings is 1. The van der Waals surface area contributed by atoms with Crippen molar-refractivity contribution in [1.82, 2.24) is 4.98 Å². The lowest BCUT2D eigenvalue weighted by Gasteiger charge is -1.97. The highest BCUT2D eigenvalue weighted by molar-refractivity contribution is 9.10. The first-order chi connectivity index (χ1) is 9.16. The maximum absolute atomic E-state index is 12.4. The van der Waals surface area contributed by atoms with E-state index >= 15 is 0 Å². The second-order valence-corrected chi connectivity index (χ2v) is 5.18. The van der Waals surface area contributed by atoms with Gasteiger partial charge in [-0.2, -0.15) is 0 Å². The van der Waals surface area contributed by atoms with Crippen molar-refractivity contribution in [3.05, 3.63) is 64.1 Å². The molecule has 0 bridgehead atoms. The third-order valence-electron chi connectivity index (χ3n) is 3.05. The van der Waals surface area contributed by atoms with Crippen LogP contribution in [0.2, 0.25) is 0 Å². The second-order valence-electron chi connectivity index (χ2n) is 4.26. The molecule has 0 amide bonds. The summed E-state index contributed by atoms with van der Waals surface area (Å²) in [4.78, 5) is 16.3. The predicted molar refractivity (Wildman–Crippen MR) is 76.3 cm³/mol. The molecule has 0 atom stereocenters. The van der Waals surface area contributed by atoms with Gasteiger partial charge in [-0.25, -0.2) is 0 Å². The number of rotatable bonds is 2. The molecule has 3 rings (SSSR count). The third kappa shape index (κ3) is 2.08. The average molecular weight is 316 g/mol. The number of pyridine rings is 1. The zero-order valence-electron chi connectivity index (χ0n) is 10.2. The largest absolute Gasteiger partial charge is 0.452 e. The van der Waals surface area contributed by atoms with Crippen LogP contribution in [0.15, 0.2) is 51.6 Å². The van der Waals surface area contributed by atoms with Crippen molar-refractivity contribution < 1.29 is 9.21 Å². The number of carbonyl (C=O) groups excluding carboxylic acids is 1. The second kappa shape index (κ2) is 4.63. The van der Waals surface area contributed by atoms with Gasteiger partial charge in [0.2, 0.25) is 5.78 Å². The molecule has 2 heterocycles. The van der Waals surface area contributed by atoms with Crippen LogP contribution in [0.3, 0.4) is 0 Å². The predicted octanol–water partition coefficient (Wildman–Crippen LogP) is 4.13. The Morgan fingerprint density at radius 2 is 1.95 bits per heavy atom. The van der Waals surface area contributed by atoms with Gasteiger partial charge in [0.25, 0.3) is 0 Å². The van der Waals surface area contributed by atoms with Gasteiger partial charge in [-0.1, -0.05) is 15.9 Å². The number of ketones is 1. The van der Waals surface area contributed by atoms with Crippen LogP contribution in [0.4, 0.5) is 0 Å². The van der Waals surface area contributed by atoms with Crippen molar-refractivity contribution in [2.75, 3.05) is 0 Å². The first-order valence-corrected chi connectivity index (χ1v) is 6.59. The van der Waals surface area contributed by atoms with Gasteiger partial charge in [-0.3, -0.25) is 9.78 Å². The van der Waals surface area contributed by atoms with Gasteiger partial charge >= 0.3 is 0 Å². The Kier molecular flexibility index (Phi) is 2.95. The van der Waals surface area contributed by atoms with Crippen molar-refractivity contribution in [2.45, 2.75) is 6.92 Å². The summed E-state index contributed by atoms with van der Waals surface area (Å²) in [6.45, 7) is 1.90. The average Bonchev–Trinajstić information content (AvgIpc) is 2.75. The maximum Gasteiger partial charge on any atom is 0.228 e. The molecule has 0 spiro atoms. The van der Waals surface area contributed by atoms with Gasteiger partial charge in [0.15, 0.2) is 5.76 Å². The Hall–Kier alpha value is -1.94. The highest BCUT2D eigenvalue weighted by Gasteiger charge is 2.19. The highest BCUT2D eigenvalue weighted by Crippen LogP contribution is 2.29. The Labute approximate surface area is 118 Å². The summed E-state index contributed by atoms with van der Waals surface area (Å²) < 4.78 is 6.62. The molecule has 94 valence electrons. The molecular weight excluding hydrogens is 306 g/mol. The fourth-order valence-electron chi connectivity index (χ4n) is 2.05. The summed E-state index contributed by atoms with van der Waals surface area (Å²) in [5, 5.41) is 0.959. The topological polar surface area (TPSA) is 43.1 Å². The standard InChI is InChI=1S/C15H10BrNO2/c1-9-12-3-2-11(16)8-13(12)19-15(9)14(18)10-4-6-17-7-5-10/h2-8H,1H3. The zero-order valence-corrected chi connectivity index (χ0v) is 11.8. The van der Waals surface area contributed by atoms with Gasteiger partial charge in [0.1, 0.15) is 5.58 Å². The van der Waals surface area contributed by atoms with E-state index in [1.807, 2.05) is 25.1 Å². The molecule has 0 unspecified atom stereocenters. The first-order valence-electron chi connectivity index (χ1n) is 5.80. The molecule has 0 saturated heterocycles. The van der Waals surface area contributed by atoms with E-state index in [4.69, 9.17) is 4.42 Å². The molecule has 4 heteroatoms. The van der Waals surface area contributed by atoms with Gasteiger partial charge < -0.3 is 4.42 Å². The number of halogens is 1. The number of hydrogen-bond acceptors (Lipinski definition) is 3. The third-order valence-corrected chi connectivity index (χ3v) is 3.54. The van der Waals surface area contributed by atoms with Crippen LogP contribution in [0.1, 0.15) is 21.7 Å². The van der Waals surface area contributed by atoms with E-state index in [-0.39, 0.29) is 5.78 Å². The summed E-state index contributed by atoms with van der Waals surface area (Å²) in [6.07, 6.45) is 3.20. The van der Waals surface area contributed by atoms with Crippen molar-refractivity contribution >= 4 is 32.7 Å². The van der Waals surface area contributed by atoms with Crippen LogP contribution in [-0.2, 0) is 0 Å². The lowest BCUT2D eigenvalue weighted by atomic mass is 10.1. The summed E-state index contributed by atoms with van der Waals surface area (Å²) >= 11 is 3.39. The molecule has 0 aliphatic rings. The fourth-order valence-corrected chi connectivity index (χ4v) is 2.39. The molecule has 19 heavy (non-hydrogen) atoms. The van der Waals surface area contributed by atoms with E-state index in [1.165, 1.54) is 0 Å². The minimum Gasteiger partial charge on any atom is -0.452 e. The summed E-state index contributed by atoms with van der Waals surface area (Å²) in [5.41, 5.74) is 2.16. The SMILES string of the molecule is Cc1c(C(=O)c2ccncc2)oc2cc(Br)ccc12. The molecule has 0 radical (unpaired) electrons. The van der Waals surface area contributed by atoms with Crippen LogP contribution in [0, 0.1) is 6.92 Å². The van der Waals surface area contributed by atoms with E-state index in [0.717, 1.165) is 15.4 Å². The molecular formula is C15H10BrNO2. The smallest absolute Gasteiger partial charge is 0.228 e. The monoisotopic (exact) mass is 315 g/mol. The zero-order chi connectivity index (χ0) is 13.4. The van der Waals surface area contributed by atoms with E-state index in [0.29, 0.717) is 16.9 Å². The van der Waals surface area contributed by atoms with Gasteiger partial charge in [0, 0.05) is 33.4 Å². The Balaban J connectivity index is 2.16. The van der Waals surface area contributed by atoms with Gasteiger partial charge in [-0.05, 0) is 37.3 Å². The maximum atomic E-state index is 12.4. The van der Waals surface area contributed by atoms with Crippen molar-refractivity contribution in [3.63, 3.8) is 0 Å². The van der Waals surface area contributed by atoms with E-state index in [1.54, 1.807) is 24.5 Å². The highest BCUT2D eigenvalue weighted by atomic mass is 79.9. The molecule has 0 saturated carbocycles. The summed E-state index contributed by atoms with van der Waals surface area (Å²) in [5.74, 6) is 0.270.